The molecule has 0 aliphatic carbocycles. The number of benzene rings is 2. The van der Waals surface area contributed by atoms with E-state index in [1.807, 2.05) is 0 Å². The normalized spacial score (nSPS) is 15.0. The smallest absolute Gasteiger partial charge is 0.244 e. The third kappa shape index (κ3) is 6.57. The van der Waals surface area contributed by atoms with Gasteiger partial charge in [0, 0.05) is 32.4 Å². The number of fused-ring (bicyclic) bond motifs is 1. The lowest BCUT2D eigenvalue weighted by atomic mass is 10.3. The van der Waals surface area contributed by atoms with E-state index in [1.54, 1.807) is 30.3 Å². The number of ether oxygens (including phenoxy) is 1. The van der Waals surface area contributed by atoms with Gasteiger partial charge in [0.15, 0.2) is 24.8 Å². The van der Waals surface area contributed by atoms with Crippen LogP contribution in [0.25, 0.3) is 10.2 Å². The van der Waals surface area contributed by atoms with Gasteiger partial charge in [-0.15, -0.1) is 12.4 Å². The molecule has 2 heterocycles. The molecule has 0 atom stereocenters. The number of anilines is 1. The van der Waals surface area contributed by atoms with Crippen molar-refractivity contribution < 1.29 is 26.4 Å². The SMILES string of the molecule is CS(=O)(=O)c1cccc2sc(N(CCN3CCOCC3)C(=O)CS(=O)(=O)c3ccccc3)nc12.Cl. The van der Waals surface area contributed by atoms with Crippen LogP contribution in [0.1, 0.15) is 0 Å². The zero-order valence-corrected chi connectivity index (χ0v) is 22.3. The maximum atomic E-state index is 13.3. The first-order valence-corrected chi connectivity index (χ1v) is 15.0. The molecule has 0 spiro atoms. The average molecular weight is 560 g/mol. The molecule has 1 aromatic heterocycles. The van der Waals surface area contributed by atoms with Gasteiger partial charge in [-0.3, -0.25) is 14.6 Å². The second-order valence-electron chi connectivity index (χ2n) is 7.94. The van der Waals surface area contributed by atoms with E-state index < -0.39 is 31.3 Å². The second-order valence-corrected chi connectivity index (χ2v) is 12.9. The van der Waals surface area contributed by atoms with Gasteiger partial charge in [-0.25, -0.2) is 21.8 Å². The molecular formula is C22H26ClN3O6S3. The molecule has 0 saturated carbocycles. The first kappa shape index (κ1) is 27.5. The van der Waals surface area contributed by atoms with Crippen molar-refractivity contribution in [3.8, 4) is 0 Å². The van der Waals surface area contributed by atoms with Gasteiger partial charge in [-0.1, -0.05) is 35.6 Å². The minimum Gasteiger partial charge on any atom is -0.379 e. The Hall–Kier alpha value is -2.09. The van der Waals surface area contributed by atoms with Gasteiger partial charge in [0.05, 0.1) is 27.7 Å². The Labute approximate surface area is 215 Å². The fraction of sp³-hybridized carbons (Fsp3) is 0.364. The number of carbonyl (C=O) groups is 1. The lowest BCUT2D eigenvalue weighted by Crippen LogP contribution is -2.44. The number of amides is 1. The quantitative estimate of drug-likeness (QED) is 0.413. The van der Waals surface area contributed by atoms with Crippen LogP contribution in [0.2, 0.25) is 0 Å². The zero-order chi connectivity index (χ0) is 24.3. The lowest BCUT2D eigenvalue weighted by Gasteiger charge is -2.29. The second kappa shape index (κ2) is 11.3. The number of rotatable bonds is 8. The van der Waals surface area contributed by atoms with Gasteiger partial charge in [0.1, 0.15) is 11.3 Å². The Morgan fingerprint density at radius 1 is 1.06 bits per heavy atom. The van der Waals surface area contributed by atoms with E-state index >= 15 is 0 Å². The molecule has 0 N–H and O–H groups in total. The fourth-order valence-electron chi connectivity index (χ4n) is 3.67. The van der Waals surface area contributed by atoms with E-state index in [4.69, 9.17) is 4.74 Å². The molecule has 13 heteroatoms. The number of hydrogen-bond donors (Lipinski definition) is 0. The van der Waals surface area contributed by atoms with E-state index in [2.05, 4.69) is 9.88 Å². The number of sulfone groups is 2. The molecule has 1 saturated heterocycles. The van der Waals surface area contributed by atoms with Crippen molar-refractivity contribution in [2.75, 3.05) is 56.3 Å². The molecule has 4 rings (SSSR count). The highest BCUT2D eigenvalue weighted by atomic mass is 35.5. The molecule has 1 fully saturated rings. The molecule has 1 aliphatic rings. The fourth-order valence-corrected chi connectivity index (χ4v) is 6.82. The van der Waals surface area contributed by atoms with Crippen LogP contribution in [-0.4, -0.2) is 84.0 Å². The number of nitrogens with zero attached hydrogens (tertiary/aromatic N) is 3. The van der Waals surface area contributed by atoms with Crippen LogP contribution in [0.5, 0.6) is 0 Å². The molecule has 190 valence electrons. The first-order valence-electron chi connectivity index (χ1n) is 10.6. The maximum absolute atomic E-state index is 13.3. The Bertz CT molecular complexity index is 1390. The third-order valence-electron chi connectivity index (χ3n) is 5.46. The average Bonchev–Trinajstić information content (AvgIpc) is 3.23. The molecule has 2 aromatic carbocycles. The Morgan fingerprint density at radius 2 is 1.74 bits per heavy atom. The molecular weight excluding hydrogens is 534 g/mol. The summed E-state index contributed by atoms with van der Waals surface area (Å²) in [6.45, 7) is 3.34. The summed E-state index contributed by atoms with van der Waals surface area (Å²) in [5.41, 5.74) is 0.278. The maximum Gasteiger partial charge on any atom is 0.244 e. The van der Waals surface area contributed by atoms with Gasteiger partial charge >= 0.3 is 0 Å². The van der Waals surface area contributed by atoms with Crippen LogP contribution in [0.3, 0.4) is 0 Å². The number of morpholine rings is 1. The standard InChI is InChI=1S/C22H25N3O6S3.ClH/c1-33(27,28)19-9-5-8-18-21(19)23-22(32-18)25(11-10-24-12-14-31-15-13-24)20(26)16-34(29,30)17-6-3-2-4-7-17;/h2-9H,10-16H2,1H3;1H. The summed E-state index contributed by atoms with van der Waals surface area (Å²) in [5.74, 6) is -1.33. The number of halogens is 1. The van der Waals surface area contributed by atoms with Gasteiger partial charge in [0.25, 0.3) is 0 Å². The van der Waals surface area contributed by atoms with Crippen molar-refractivity contribution in [2.24, 2.45) is 0 Å². The van der Waals surface area contributed by atoms with E-state index in [0.29, 0.717) is 37.5 Å². The molecule has 1 aliphatic heterocycles. The zero-order valence-electron chi connectivity index (χ0n) is 19.0. The van der Waals surface area contributed by atoms with Crippen LogP contribution in [0, 0.1) is 0 Å². The number of aromatic nitrogens is 1. The first-order chi connectivity index (χ1) is 16.1. The predicted molar refractivity (Wildman–Crippen MR) is 138 cm³/mol. The van der Waals surface area contributed by atoms with Crippen LogP contribution < -0.4 is 4.90 Å². The highest BCUT2D eigenvalue weighted by Crippen LogP contribution is 2.33. The number of carbonyl (C=O) groups excluding carboxylic acids is 1. The summed E-state index contributed by atoms with van der Waals surface area (Å²) in [5, 5.41) is 0.271. The topological polar surface area (TPSA) is 114 Å². The number of para-hydroxylation sites is 1. The summed E-state index contributed by atoms with van der Waals surface area (Å²) in [6.07, 6.45) is 1.11. The largest absolute Gasteiger partial charge is 0.379 e. The molecule has 0 radical (unpaired) electrons. The highest BCUT2D eigenvalue weighted by molar-refractivity contribution is 7.92. The van der Waals surface area contributed by atoms with Crippen molar-refractivity contribution in [1.29, 1.82) is 0 Å². The number of thiazole rings is 1. The molecule has 35 heavy (non-hydrogen) atoms. The predicted octanol–water partition coefficient (Wildman–Crippen LogP) is 2.26. The van der Waals surface area contributed by atoms with E-state index in [1.165, 1.54) is 23.1 Å². The van der Waals surface area contributed by atoms with E-state index in [9.17, 15) is 21.6 Å². The highest BCUT2D eigenvalue weighted by Gasteiger charge is 2.28. The summed E-state index contributed by atoms with van der Waals surface area (Å²) in [7, 11) is -7.39. The van der Waals surface area contributed by atoms with E-state index in [0.717, 1.165) is 17.6 Å². The van der Waals surface area contributed by atoms with Crippen molar-refractivity contribution in [3.05, 3.63) is 48.5 Å². The molecule has 0 bridgehead atoms. The summed E-state index contributed by atoms with van der Waals surface area (Å²) >= 11 is 1.16. The minimum atomic E-state index is -3.86. The van der Waals surface area contributed by atoms with E-state index in [-0.39, 0.29) is 39.4 Å². The van der Waals surface area contributed by atoms with Crippen molar-refractivity contribution in [2.45, 2.75) is 9.79 Å². The van der Waals surface area contributed by atoms with Crippen LogP contribution in [-0.2, 0) is 29.2 Å². The summed E-state index contributed by atoms with van der Waals surface area (Å²) in [6, 6.07) is 12.7. The summed E-state index contributed by atoms with van der Waals surface area (Å²) < 4.78 is 56.2. The Balaban J connectivity index is 0.00000342. The Kier molecular flexibility index (Phi) is 8.89. The van der Waals surface area contributed by atoms with Crippen molar-refractivity contribution in [3.63, 3.8) is 0 Å². The van der Waals surface area contributed by atoms with Crippen LogP contribution in [0.4, 0.5) is 5.13 Å². The van der Waals surface area contributed by atoms with Gasteiger partial charge in [0.2, 0.25) is 5.91 Å². The Morgan fingerprint density at radius 3 is 2.40 bits per heavy atom. The molecule has 0 unspecified atom stereocenters. The molecule has 9 nitrogen and oxygen atoms in total. The van der Waals surface area contributed by atoms with Gasteiger partial charge in [-0.05, 0) is 24.3 Å². The van der Waals surface area contributed by atoms with Gasteiger partial charge < -0.3 is 4.74 Å². The molecule has 3 aromatic rings. The third-order valence-corrected chi connectivity index (χ3v) is 9.25. The summed E-state index contributed by atoms with van der Waals surface area (Å²) in [4.78, 5) is 21.4. The van der Waals surface area contributed by atoms with Crippen molar-refractivity contribution in [1.82, 2.24) is 9.88 Å². The minimum absolute atomic E-state index is 0. The number of hydrogen-bond acceptors (Lipinski definition) is 9. The van der Waals surface area contributed by atoms with Crippen LogP contribution in [0.15, 0.2) is 58.3 Å². The molecule has 1 amide bonds. The lowest BCUT2D eigenvalue weighted by molar-refractivity contribution is -0.116. The van der Waals surface area contributed by atoms with Gasteiger partial charge in [-0.2, -0.15) is 0 Å². The monoisotopic (exact) mass is 559 g/mol. The van der Waals surface area contributed by atoms with Crippen molar-refractivity contribution >= 4 is 64.7 Å². The van der Waals surface area contributed by atoms with Crippen LogP contribution >= 0.6 is 23.7 Å².